The second-order valence-electron chi connectivity index (χ2n) is 4.37. The molecule has 0 aliphatic rings. The van der Waals surface area contributed by atoms with Gasteiger partial charge in [0.15, 0.2) is 0 Å². The van der Waals surface area contributed by atoms with Gasteiger partial charge >= 0.3 is 0 Å². The molecule has 0 saturated heterocycles. The van der Waals surface area contributed by atoms with Crippen molar-refractivity contribution >= 4 is 56.0 Å². The van der Waals surface area contributed by atoms with Gasteiger partial charge in [-0.25, -0.2) is 0 Å². The van der Waals surface area contributed by atoms with Crippen molar-refractivity contribution in [3.05, 3.63) is 66.7 Å². The lowest BCUT2D eigenvalue weighted by atomic mass is 10.1. The van der Waals surface area contributed by atoms with E-state index in [1.807, 2.05) is 49.4 Å². The second kappa shape index (κ2) is 6.91. The van der Waals surface area contributed by atoms with Gasteiger partial charge in [-0.2, -0.15) is 0 Å². The molecule has 0 aliphatic carbocycles. The topological polar surface area (TPSA) is 29.1 Å². The first-order valence-corrected chi connectivity index (χ1v) is 8.23. The molecule has 20 heavy (non-hydrogen) atoms. The zero-order valence-electron chi connectivity index (χ0n) is 10.7. The highest BCUT2D eigenvalue weighted by molar-refractivity contribution is 14.1. The number of rotatable bonds is 3. The van der Waals surface area contributed by atoms with E-state index in [1.165, 1.54) is 0 Å². The summed E-state index contributed by atoms with van der Waals surface area (Å²) in [7, 11) is 0. The van der Waals surface area contributed by atoms with Crippen LogP contribution in [-0.4, -0.2) is 5.91 Å². The van der Waals surface area contributed by atoms with Crippen LogP contribution in [0.25, 0.3) is 0 Å². The first-order valence-electron chi connectivity index (χ1n) is 5.99. The lowest BCUT2D eigenvalue weighted by molar-refractivity contribution is 0.0939. The predicted octanol–water partition coefficient (Wildman–Crippen LogP) is 5.20. The van der Waals surface area contributed by atoms with Crippen LogP contribution in [0, 0.1) is 3.57 Å². The lowest BCUT2D eigenvalue weighted by Gasteiger charge is -2.15. The van der Waals surface area contributed by atoms with Crippen LogP contribution in [0.15, 0.2) is 46.9 Å². The maximum Gasteiger partial charge on any atom is 0.252 e. The summed E-state index contributed by atoms with van der Waals surface area (Å²) in [6, 6.07) is 13.1. The molecule has 0 heterocycles. The van der Waals surface area contributed by atoms with Crippen LogP contribution in [0.3, 0.4) is 0 Å². The third-order valence-corrected chi connectivity index (χ3v) is 4.51. The minimum Gasteiger partial charge on any atom is -0.345 e. The van der Waals surface area contributed by atoms with E-state index in [1.54, 1.807) is 0 Å². The number of carbonyl (C=O) groups excluding carboxylic acids is 1. The van der Waals surface area contributed by atoms with Crippen molar-refractivity contribution in [3.63, 3.8) is 0 Å². The third-order valence-electron chi connectivity index (χ3n) is 2.89. The molecule has 5 heteroatoms. The molecular formula is C15H12BrClINO. The van der Waals surface area contributed by atoms with Gasteiger partial charge in [-0.15, -0.1) is 0 Å². The smallest absolute Gasteiger partial charge is 0.252 e. The average molecular weight is 465 g/mol. The molecule has 0 spiro atoms. The number of hydrogen-bond donors (Lipinski definition) is 1. The van der Waals surface area contributed by atoms with E-state index in [2.05, 4.69) is 43.8 Å². The second-order valence-corrected chi connectivity index (χ2v) is 6.91. The Kier molecular flexibility index (Phi) is 5.46. The zero-order chi connectivity index (χ0) is 14.7. The Labute approximate surface area is 145 Å². The van der Waals surface area contributed by atoms with Gasteiger partial charge in [0, 0.05) is 13.1 Å². The molecule has 0 aliphatic heterocycles. The Balaban J connectivity index is 2.15. The molecule has 0 aromatic heterocycles. The number of carbonyl (C=O) groups is 1. The summed E-state index contributed by atoms with van der Waals surface area (Å²) in [4.78, 5) is 12.3. The number of nitrogens with one attached hydrogen (secondary N) is 1. The van der Waals surface area contributed by atoms with Gasteiger partial charge in [-0.05, 0) is 81.3 Å². The van der Waals surface area contributed by atoms with Gasteiger partial charge in [0.25, 0.3) is 5.91 Å². The standard InChI is InChI=1S/C15H12BrClINO/c1-9(10-2-4-11(17)5-3-10)19-15(20)13-8-12(18)6-7-14(13)16/h2-9H,1H3,(H,19,20). The summed E-state index contributed by atoms with van der Waals surface area (Å²) in [6.45, 7) is 1.95. The van der Waals surface area contributed by atoms with Gasteiger partial charge in [0.05, 0.1) is 11.6 Å². The summed E-state index contributed by atoms with van der Waals surface area (Å²) in [5.74, 6) is -0.0992. The molecule has 1 amide bonds. The van der Waals surface area contributed by atoms with Gasteiger partial charge in [-0.3, -0.25) is 4.79 Å². The van der Waals surface area contributed by atoms with Crippen LogP contribution in [0.4, 0.5) is 0 Å². The van der Waals surface area contributed by atoms with Crippen molar-refractivity contribution in [3.8, 4) is 0 Å². The van der Waals surface area contributed by atoms with Crippen LogP contribution in [-0.2, 0) is 0 Å². The normalized spacial score (nSPS) is 12.0. The molecule has 1 atom stereocenters. The van der Waals surface area contributed by atoms with Gasteiger partial charge in [-0.1, -0.05) is 23.7 Å². The van der Waals surface area contributed by atoms with Crippen LogP contribution in [0.2, 0.25) is 5.02 Å². The summed E-state index contributed by atoms with van der Waals surface area (Å²) >= 11 is 11.5. The van der Waals surface area contributed by atoms with Crippen molar-refractivity contribution in [1.82, 2.24) is 5.32 Å². The van der Waals surface area contributed by atoms with Crippen molar-refractivity contribution in [2.75, 3.05) is 0 Å². The molecule has 0 radical (unpaired) electrons. The quantitative estimate of drug-likeness (QED) is 0.622. The molecule has 2 rings (SSSR count). The Hall–Kier alpha value is -0.590. The minimum atomic E-state index is -0.0992. The highest BCUT2D eigenvalue weighted by atomic mass is 127. The fourth-order valence-corrected chi connectivity index (χ4v) is 2.82. The zero-order valence-corrected chi connectivity index (χ0v) is 15.2. The molecule has 104 valence electrons. The molecular weight excluding hydrogens is 452 g/mol. The summed E-state index contributed by atoms with van der Waals surface area (Å²) in [5.41, 5.74) is 1.65. The van der Waals surface area contributed by atoms with Gasteiger partial charge in [0.2, 0.25) is 0 Å². The van der Waals surface area contributed by atoms with Crippen LogP contribution in [0.5, 0.6) is 0 Å². The van der Waals surface area contributed by atoms with Crippen molar-refractivity contribution in [2.45, 2.75) is 13.0 Å². The highest BCUT2D eigenvalue weighted by Crippen LogP contribution is 2.21. The first kappa shape index (κ1) is 15.8. The van der Waals surface area contributed by atoms with Crippen LogP contribution < -0.4 is 5.32 Å². The Morgan fingerprint density at radius 3 is 2.55 bits per heavy atom. The Morgan fingerprint density at radius 1 is 1.25 bits per heavy atom. The van der Waals surface area contributed by atoms with Crippen LogP contribution >= 0.6 is 50.1 Å². The number of amides is 1. The number of halogens is 3. The number of benzene rings is 2. The SMILES string of the molecule is CC(NC(=O)c1cc(I)ccc1Br)c1ccc(Cl)cc1. The highest BCUT2D eigenvalue weighted by Gasteiger charge is 2.14. The first-order chi connectivity index (χ1) is 9.47. The van der Waals surface area contributed by atoms with Gasteiger partial charge < -0.3 is 5.32 Å². The average Bonchev–Trinajstić information content (AvgIpc) is 2.42. The predicted molar refractivity (Wildman–Crippen MR) is 94.2 cm³/mol. The monoisotopic (exact) mass is 463 g/mol. The summed E-state index contributed by atoms with van der Waals surface area (Å²) < 4.78 is 1.81. The van der Waals surface area contributed by atoms with E-state index in [9.17, 15) is 4.79 Å². The molecule has 1 N–H and O–H groups in total. The van der Waals surface area contributed by atoms with E-state index in [0.717, 1.165) is 13.6 Å². The molecule has 0 saturated carbocycles. The largest absolute Gasteiger partial charge is 0.345 e. The summed E-state index contributed by atoms with van der Waals surface area (Å²) in [6.07, 6.45) is 0. The van der Waals surface area contributed by atoms with E-state index in [-0.39, 0.29) is 11.9 Å². The third kappa shape index (κ3) is 3.96. The minimum absolute atomic E-state index is 0.0791. The molecule has 2 aromatic carbocycles. The van der Waals surface area contributed by atoms with E-state index in [4.69, 9.17) is 11.6 Å². The number of hydrogen-bond acceptors (Lipinski definition) is 1. The maximum atomic E-state index is 12.3. The maximum absolute atomic E-state index is 12.3. The van der Waals surface area contributed by atoms with E-state index < -0.39 is 0 Å². The Morgan fingerprint density at radius 2 is 1.90 bits per heavy atom. The molecule has 2 nitrogen and oxygen atoms in total. The fourth-order valence-electron chi connectivity index (χ4n) is 1.78. The van der Waals surface area contributed by atoms with E-state index >= 15 is 0 Å². The van der Waals surface area contributed by atoms with Gasteiger partial charge in [0.1, 0.15) is 0 Å². The fraction of sp³-hybridized carbons (Fsp3) is 0.133. The van der Waals surface area contributed by atoms with Crippen molar-refractivity contribution in [2.24, 2.45) is 0 Å². The van der Waals surface area contributed by atoms with E-state index in [0.29, 0.717) is 10.6 Å². The van der Waals surface area contributed by atoms with Crippen molar-refractivity contribution < 1.29 is 4.79 Å². The van der Waals surface area contributed by atoms with Crippen LogP contribution in [0.1, 0.15) is 28.9 Å². The molecule has 1 unspecified atom stereocenters. The van der Waals surface area contributed by atoms with Crippen molar-refractivity contribution in [1.29, 1.82) is 0 Å². The lowest BCUT2D eigenvalue weighted by Crippen LogP contribution is -2.27. The molecule has 0 bridgehead atoms. The molecule has 2 aromatic rings. The molecule has 0 fully saturated rings. The summed E-state index contributed by atoms with van der Waals surface area (Å²) in [5, 5.41) is 3.67. The Bertz CT molecular complexity index is 630.